The number of nitrogens with two attached hydrogens (primary N) is 1. The van der Waals surface area contributed by atoms with E-state index < -0.39 is 4.92 Å². The van der Waals surface area contributed by atoms with Crippen LogP contribution in [0.2, 0.25) is 0 Å². The molecule has 6 heteroatoms. The highest BCUT2D eigenvalue weighted by Crippen LogP contribution is 2.32. The first kappa shape index (κ1) is 14.7. The molecule has 0 aliphatic heterocycles. The molecule has 3 rings (SSSR count). The number of hydrogen-bond acceptors (Lipinski definition) is 5. The molecule has 2 aliphatic carbocycles. The quantitative estimate of drug-likeness (QED) is 0.658. The van der Waals surface area contributed by atoms with Crippen molar-refractivity contribution in [3.8, 4) is 0 Å². The highest BCUT2D eigenvalue weighted by Gasteiger charge is 2.32. The molecule has 2 aliphatic rings. The lowest BCUT2D eigenvalue weighted by molar-refractivity contribution is -0.402. The topological polar surface area (TPSA) is 94.3 Å². The zero-order chi connectivity index (χ0) is 15.7. The van der Waals surface area contributed by atoms with Gasteiger partial charge < -0.3 is 15.5 Å². The zero-order valence-corrected chi connectivity index (χ0v) is 12.3. The van der Waals surface area contributed by atoms with Crippen molar-refractivity contribution in [2.75, 3.05) is 0 Å². The second-order valence-corrected chi connectivity index (χ2v) is 5.72. The molecule has 0 radical (unpaired) electrons. The predicted molar refractivity (Wildman–Crippen MR) is 83.1 cm³/mol. The van der Waals surface area contributed by atoms with Crippen LogP contribution in [-0.4, -0.2) is 17.0 Å². The minimum absolute atomic E-state index is 0.0272. The third-order valence-corrected chi connectivity index (χ3v) is 4.24. The highest BCUT2D eigenvalue weighted by molar-refractivity contribution is 5.37. The standard InChI is InChI=1S/C16H19N3O3/c1-10(14-8-9-15(22-14)19(20)21)18-13-7-3-5-11-4-2-6-12(17)16(11)13/h2-6,8-10,12-13,16,18H,7,17H2,1H3. The summed E-state index contributed by atoms with van der Waals surface area (Å²) in [6, 6.07) is 3.06. The van der Waals surface area contributed by atoms with Crippen molar-refractivity contribution in [3.05, 3.63) is 64.0 Å². The molecule has 1 heterocycles. The van der Waals surface area contributed by atoms with Crippen molar-refractivity contribution in [1.29, 1.82) is 0 Å². The van der Waals surface area contributed by atoms with E-state index in [9.17, 15) is 10.1 Å². The second kappa shape index (κ2) is 5.90. The fourth-order valence-electron chi connectivity index (χ4n) is 3.16. The molecule has 0 saturated carbocycles. The van der Waals surface area contributed by atoms with Gasteiger partial charge in [0.2, 0.25) is 0 Å². The molecule has 22 heavy (non-hydrogen) atoms. The summed E-state index contributed by atoms with van der Waals surface area (Å²) in [5, 5.41) is 14.2. The number of fused-ring (bicyclic) bond motifs is 1. The van der Waals surface area contributed by atoms with E-state index in [0.29, 0.717) is 5.76 Å². The monoisotopic (exact) mass is 301 g/mol. The predicted octanol–water partition coefficient (Wildman–Crippen LogP) is 2.61. The van der Waals surface area contributed by atoms with Gasteiger partial charge in [-0.2, -0.15) is 0 Å². The average Bonchev–Trinajstić information content (AvgIpc) is 2.97. The van der Waals surface area contributed by atoms with Crippen molar-refractivity contribution in [2.24, 2.45) is 11.7 Å². The van der Waals surface area contributed by atoms with E-state index in [4.69, 9.17) is 10.2 Å². The van der Waals surface area contributed by atoms with E-state index in [1.807, 2.05) is 19.1 Å². The van der Waals surface area contributed by atoms with Gasteiger partial charge in [-0.1, -0.05) is 30.4 Å². The lowest BCUT2D eigenvalue weighted by Gasteiger charge is -2.37. The number of allylic oxidation sites excluding steroid dienone is 3. The molecule has 0 amide bonds. The van der Waals surface area contributed by atoms with E-state index >= 15 is 0 Å². The number of furan rings is 1. The van der Waals surface area contributed by atoms with Crippen LogP contribution in [0.15, 0.2) is 52.5 Å². The second-order valence-electron chi connectivity index (χ2n) is 5.72. The summed E-state index contributed by atoms with van der Waals surface area (Å²) < 4.78 is 5.27. The van der Waals surface area contributed by atoms with Gasteiger partial charge in [-0.25, -0.2) is 0 Å². The molecule has 0 spiro atoms. The van der Waals surface area contributed by atoms with Crippen LogP contribution in [0.4, 0.5) is 5.88 Å². The van der Waals surface area contributed by atoms with Crippen molar-refractivity contribution < 1.29 is 9.34 Å². The SMILES string of the molecule is CC(NC1CC=CC2=CC=CC(N)C21)c1ccc([N+](=O)[O-])o1. The molecular weight excluding hydrogens is 282 g/mol. The first-order valence-electron chi connectivity index (χ1n) is 7.37. The minimum atomic E-state index is -0.526. The molecule has 0 fully saturated rings. The van der Waals surface area contributed by atoms with Crippen LogP contribution in [0.5, 0.6) is 0 Å². The molecule has 116 valence electrons. The summed E-state index contributed by atoms with van der Waals surface area (Å²) in [5.41, 5.74) is 7.44. The smallest absolute Gasteiger partial charge is 0.404 e. The summed E-state index contributed by atoms with van der Waals surface area (Å²) in [6.45, 7) is 1.94. The molecule has 1 aromatic heterocycles. The third-order valence-electron chi connectivity index (χ3n) is 4.24. The maximum absolute atomic E-state index is 10.7. The Balaban J connectivity index is 1.74. The van der Waals surface area contributed by atoms with E-state index in [1.54, 1.807) is 6.07 Å². The maximum atomic E-state index is 10.7. The molecule has 6 nitrogen and oxygen atoms in total. The number of hydrogen-bond donors (Lipinski definition) is 2. The molecule has 0 aromatic carbocycles. The Morgan fingerprint density at radius 3 is 3.05 bits per heavy atom. The van der Waals surface area contributed by atoms with Gasteiger partial charge >= 0.3 is 5.88 Å². The minimum Gasteiger partial charge on any atom is -0.404 e. The van der Waals surface area contributed by atoms with E-state index in [-0.39, 0.29) is 29.9 Å². The molecule has 3 N–H and O–H groups in total. The summed E-state index contributed by atoms with van der Waals surface area (Å²) in [7, 11) is 0. The van der Waals surface area contributed by atoms with Gasteiger partial charge in [0.05, 0.1) is 12.1 Å². The largest absolute Gasteiger partial charge is 0.433 e. The van der Waals surface area contributed by atoms with Crippen LogP contribution in [0.1, 0.15) is 25.1 Å². The zero-order valence-electron chi connectivity index (χ0n) is 12.3. The summed E-state index contributed by atoms with van der Waals surface area (Å²) in [6.07, 6.45) is 11.2. The fourth-order valence-corrected chi connectivity index (χ4v) is 3.16. The summed E-state index contributed by atoms with van der Waals surface area (Å²) in [4.78, 5) is 10.2. The third kappa shape index (κ3) is 2.75. The first-order valence-corrected chi connectivity index (χ1v) is 7.37. The summed E-state index contributed by atoms with van der Waals surface area (Å²) in [5.74, 6) is 0.541. The summed E-state index contributed by atoms with van der Waals surface area (Å²) >= 11 is 0. The van der Waals surface area contributed by atoms with Crippen LogP contribution in [-0.2, 0) is 0 Å². The van der Waals surface area contributed by atoms with Crippen LogP contribution in [0, 0.1) is 16.0 Å². The van der Waals surface area contributed by atoms with Gasteiger partial charge in [0.25, 0.3) is 0 Å². The Labute approximate surface area is 128 Å². The van der Waals surface area contributed by atoms with E-state index in [0.717, 1.165) is 6.42 Å². The Hall–Kier alpha value is -2.18. The van der Waals surface area contributed by atoms with Crippen LogP contribution in [0.25, 0.3) is 0 Å². The van der Waals surface area contributed by atoms with Crippen LogP contribution >= 0.6 is 0 Å². The van der Waals surface area contributed by atoms with Gasteiger partial charge in [-0.3, -0.25) is 10.1 Å². The van der Waals surface area contributed by atoms with Crippen LogP contribution in [0.3, 0.4) is 0 Å². The van der Waals surface area contributed by atoms with Crippen molar-refractivity contribution in [3.63, 3.8) is 0 Å². The Morgan fingerprint density at radius 2 is 2.32 bits per heavy atom. The average molecular weight is 301 g/mol. The Morgan fingerprint density at radius 1 is 1.50 bits per heavy atom. The van der Waals surface area contributed by atoms with Gasteiger partial charge in [0.15, 0.2) is 0 Å². The maximum Gasteiger partial charge on any atom is 0.433 e. The Bertz CT molecular complexity index is 659. The Kier molecular flexibility index (Phi) is 3.96. The van der Waals surface area contributed by atoms with Crippen molar-refractivity contribution in [2.45, 2.75) is 31.5 Å². The van der Waals surface area contributed by atoms with Crippen molar-refractivity contribution >= 4 is 5.88 Å². The number of nitro groups is 1. The number of rotatable bonds is 4. The van der Waals surface area contributed by atoms with E-state index in [2.05, 4.69) is 23.5 Å². The van der Waals surface area contributed by atoms with Gasteiger partial charge in [0.1, 0.15) is 10.7 Å². The number of nitrogens with zero attached hydrogens (tertiary/aromatic N) is 1. The molecule has 1 aromatic rings. The van der Waals surface area contributed by atoms with Crippen LogP contribution < -0.4 is 11.1 Å². The molecular formula is C16H19N3O3. The van der Waals surface area contributed by atoms with E-state index in [1.165, 1.54) is 11.6 Å². The molecule has 0 bridgehead atoms. The van der Waals surface area contributed by atoms with Gasteiger partial charge in [-0.05, 0) is 25.0 Å². The highest BCUT2D eigenvalue weighted by atomic mass is 16.6. The molecule has 4 atom stereocenters. The lowest BCUT2D eigenvalue weighted by atomic mass is 9.77. The molecule has 0 saturated heterocycles. The van der Waals surface area contributed by atoms with Crippen molar-refractivity contribution in [1.82, 2.24) is 5.32 Å². The number of nitrogens with one attached hydrogen (secondary N) is 1. The first-order chi connectivity index (χ1) is 10.6. The normalized spacial score (nSPS) is 28.1. The van der Waals surface area contributed by atoms with Gasteiger partial charge in [-0.15, -0.1) is 0 Å². The fraction of sp³-hybridized carbons (Fsp3) is 0.375. The molecule has 4 unspecified atom stereocenters. The lowest BCUT2D eigenvalue weighted by Crippen LogP contribution is -2.47. The van der Waals surface area contributed by atoms with Gasteiger partial charge in [0, 0.05) is 18.0 Å².